The van der Waals surface area contributed by atoms with E-state index in [-0.39, 0.29) is 0 Å². The molecule has 0 saturated heterocycles. The summed E-state index contributed by atoms with van der Waals surface area (Å²) in [4.78, 5) is 25.7. The largest absolute Gasteiger partial charge is 0.419 e. The molecule has 1 aromatic heterocycles. The molecule has 0 aliphatic carbocycles. The lowest BCUT2D eigenvalue weighted by atomic mass is 10.2. The number of rotatable bonds is 2. The smallest absolute Gasteiger partial charge is 0.372 e. The zero-order valence-corrected chi connectivity index (χ0v) is 8.89. The molecule has 0 unspecified atom stereocenters. The molecule has 1 aromatic carbocycles. The minimum Gasteiger partial charge on any atom is -0.372 e. The first-order valence-corrected chi connectivity index (χ1v) is 5.49. The van der Waals surface area contributed by atoms with Crippen molar-refractivity contribution in [3.05, 3.63) is 39.2 Å². The van der Waals surface area contributed by atoms with Gasteiger partial charge in [-0.2, -0.15) is 0 Å². The van der Waals surface area contributed by atoms with Crippen molar-refractivity contribution < 1.29 is 4.42 Å². The van der Waals surface area contributed by atoms with Gasteiger partial charge in [-0.05, 0) is 24.0 Å². The lowest BCUT2D eigenvalue weighted by Crippen LogP contribution is -2.14. The predicted molar refractivity (Wildman–Crippen MR) is 59.5 cm³/mol. The predicted octanol–water partition coefficient (Wildman–Crippen LogP) is 1.59. The summed E-state index contributed by atoms with van der Waals surface area (Å²) < 4.78 is 4.45. The van der Waals surface area contributed by atoms with Crippen molar-refractivity contribution in [2.75, 3.05) is 5.75 Å². The third-order valence-electron chi connectivity index (χ3n) is 1.94. The van der Waals surface area contributed by atoms with Gasteiger partial charge in [0.25, 0.3) is 0 Å². The molecule has 0 aliphatic heterocycles. The van der Waals surface area contributed by atoms with Gasteiger partial charge in [-0.15, -0.1) is 11.8 Å². The highest BCUT2D eigenvalue weighted by Gasteiger charge is 2.03. The Morgan fingerprint density at radius 1 is 1.40 bits per heavy atom. The van der Waals surface area contributed by atoms with Crippen LogP contribution in [0.25, 0.3) is 10.9 Å². The molecule has 0 bridgehead atoms. The lowest BCUT2D eigenvalue weighted by Gasteiger charge is -1.99. The fourth-order valence-corrected chi connectivity index (χ4v) is 2.03. The minimum atomic E-state index is -0.719. The topological polar surface area (TPSA) is 63.1 Å². The summed E-state index contributed by atoms with van der Waals surface area (Å²) >= 11 is 1.63. The summed E-state index contributed by atoms with van der Waals surface area (Å²) in [5, 5.41) is 0.410. The van der Waals surface area contributed by atoms with E-state index < -0.39 is 11.4 Å². The summed E-state index contributed by atoms with van der Waals surface area (Å²) in [5.41, 5.74) is -0.0796. The van der Waals surface area contributed by atoms with E-state index in [0.717, 1.165) is 10.6 Å². The van der Waals surface area contributed by atoms with Gasteiger partial charge in [0, 0.05) is 4.90 Å². The van der Waals surface area contributed by atoms with Crippen LogP contribution >= 0.6 is 11.8 Å². The molecule has 0 radical (unpaired) electrons. The number of hydrogen-bond donors (Lipinski definition) is 1. The zero-order valence-electron chi connectivity index (χ0n) is 8.07. The monoisotopic (exact) mass is 223 g/mol. The number of H-pyrrole nitrogens is 1. The van der Waals surface area contributed by atoms with E-state index in [2.05, 4.69) is 9.40 Å². The van der Waals surface area contributed by atoms with Gasteiger partial charge in [-0.25, -0.2) is 9.59 Å². The fourth-order valence-electron chi connectivity index (χ4n) is 1.33. The number of aromatic nitrogens is 1. The van der Waals surface area contributed by atoms with Crippen molar-refractivity contribution in [3.63, 3.8) is 0 Å². The Balaban J connectivity index is 2.71. The first-order chi connectivity index (χ1) is 7.20. The summed E-state index contributed by atoms with van der Waals surface area (Å²) in [6.07, 6.45) is 0. The van der Waals surface area contributed by atoms with Crippen LogP contribution in [-0.4, -0.2) is 10.7 Å². The molecule has 4 nitrogen and oxygen atoms in total. The van der Waals surface area contributed by atoms with E-state index in [4.69, 9.17) is 0 Å². The first kappa shape index (κ1) is 10.0. The minimum absolute atomic E-state index is 0.410. The molecule has 0 saturated carbocycles. The van der Waals surface area contributed by atoms with Gasteiger partial charge in [0.05, 0.1) is 10.9 Å². The highest BCUT2D eigenvalue weighted by atomic mass is 32.2. The average Bonchev–Trinajstić information content (AvgIpc) is 2.19. The van der Waals surface area contributed by atoms with Crippen molar-refractivity contribution in [1.29, 1.82) is 0 Å². The summed E-state index contributed by atoms with van der Waals surface area (Å²) in [5.74, 6) is 0.212. The van der Waals surface area contributed by atoms with Crippen molar-refractivity contribution in [3.8, 4) is 0 Å². The molecular weight excluding hydrogens is 214 g/mol. The number of hydrogen-bond acceptors (Lipinski definition) is 4. The molecule has 0 spiro atoms. The molecule has 1 heterocycles. The summed E-state index contributed by atoms with van der Waals surface area (Å²) in [6.45, 7) is 2.03. The third kappa shape index (κ3) is 1.97. The number of aromatic amines is 1. The van der Waals surface area contributed by atoms with Gasteiger partial charge in [0.15, 0.2) is 0 Å². The molecular formula is C10H9NO3S. The zero-order chi connectivity index (χ0) is 10.8. The van der Waals surface area contributed by atoms with Crippen molar-refractivity contribution in [2.45, 2.75) is 11.8 Å². The van der Waals surface area contributed by atoms with Gasteiger partial charge >= 0.3 is 11.4 Å². The molecule has 0 aliphatic rings. The first-order valence-electron chi connectivity index (χ1n) is 4.50. The SMILES string of the molecule is CCSc1ccc2[nH]c(=O)oc(=O)c2c1. The number of benzene rings is 1. The quantitative estimate of drug-likeness (QED) is 0.785. The standard InChI is InChI=1S/C10H9NO3S/c1-2-15-6-3-4-8-7(5-6)9(12)14-10(13)11-8/h3-5H,2H2,1H3,(H,11,13). The third-order valence-corrected chi connectivity index (χ3v) is 2.82. The Morgan fingerprint density at radius 3 is 2.93 bits per heavy atom. The normalized spacial score (nSPS) is 10.7. The van der Waals surface area contributed by atoms with Crippen molar-refractivity contribution in [1.82, 2.24) is 4.98 Å². The lowest BCUT2D eigenvalue weighted by molar-refractivity contribution is 0.460. The Hall–Kier alpha value is -1.49. The number of thioether (sulfide) groups is 1. The molecule has 1 N–H and O–H groups in total. The summed E-state index contributed by atoms with van der Waals surface area (Å²) in [6, 6.07) is 5.31. The van der Waals surface area contributed by atoms with Crippen LogP contribution in [0.5, 0.6) is 0 Å². The Labute approximate surface area is 89.3 Å². The van der Waals surface area contributed by atoms with E-state index in [1.807, 2.05) is 13.0 Å². The maximum atomic E-state index is 11.4. The van der Waals surface area contributed by atoms with Crippen LogP contribution in [-0.2, 0) is 0 Å². The van der Waals surface area contributed by atoms with Crippen molar-refractivity contribution >= 4 is 22.7 Å². The van der Waals surface area contributed by atoms with Crippen LogP contribution in [0.1, 0.15) is 6.92 Å². The molecule has 15 heavy (non-hydrogen) atoms. The van der Waals surface area contributed by atoms with Crippen LogP contribution in [0, 0.1) is 0 Å². The molecule has 5 heteroatoms. The van der Waals surface area contributed by atoms with Crippen LogP contribution in [0.4, 0.5) is 0 Å². The summed E-state index contributed by atoms with van der Waals surface area (Å²) in [7, 11) is 0. The average molecular weight is 223 g/mol. The van der Waals surface area contributed by atoms with E-state index in [1.165, 1.54) is 0 Å². The number of nitrogens with one attached hydrogen (secondary N) is 1. The van der Waals surface area contributed by atoms with Gasteiger partial charge in [-0.1, -0.05) is 6.92 Å². The Bertz CT molecular complexity index is 599. The van der Waals surface area contributed by atoms with E-state index in [0.29, 0.717) is 10.9 Å². The molecule has 2 aromatic rings. The highest BCUT2D eigenvalue weighted by molar-refractivity contribution is 7.99. The molecule has 0 amide bonds. The fraction of sp³-hybridized carbons (Fsp3) is 0.200. The van der Waals surface area contributed by atoms with E-state index in [1.54, 1.807) is 23.9 Å². The Kier molecular flexibility index (Phi) is 2.64. The molecule has 0 atom stereocenters. The van der Waals surface area contributed by atoms with Gasteiger partial charge in [0.2, 0.25) is 0 Å². The van der Waals surface area contributed by atoms with E-state index >= 15 is 0 Å². The van der Waals surface area contributed by atoms with E-state index in [9.17, 15) is 9.59 Å². The van der Waals surface area contributed by atoms with Crippen molar-refractivity contribution in [2.24, 2.45) is 0 Å². The second kappa shape index (κ2) is 3.94. The van der Waals surface area contributed by atoms with Crippen LogP contribution in [0.15, 0.2) is 37.1 Å². The van der Waals surface area contributed by atoms with Crippen LogP contribution in [0.2, 0.25) is 0 Å². The second-order valence-electron chi connectivity index (χ2n) is 2.94. The van der Waals surface area contributed by atoms with Gasteiger partial charge in [0.1, 0.15) is 0 Å². The Morgan fingerprint density at radius 2 is 2.20 bits per heavy atom. The second-order valence-corrected chi connectivity index (χ2v) is 4.28. The maximum absolute atomic E-state index is 11.4. The van der Waals surface area contributed by atoms with Gasteiger partial charge < -0.3 is 4.42 Å². The molecule has 78 valence electrons. The molecule has 2 rings (SSSR count). The van der Waals surface area contributed by atoms with Crippen LogP contribution < -0.4 is 11.4 Å². The molecule has 0 fully saturated rings. The maximum Gasteiger partial charge on any atom is 0.419 e. The van der Waals surface area contributed by atoms with Gasteiger partial charge in [-0.3, -0.25) is 4.98 Å². The number of fused-ring (bicyclic) bond motifs is 1. The van der Waals surface area contributed by atoms with Crippen LogP contribution in [0.3, 0.4) is 0 Å². The highest BCUT2D eigenvalue weighted by Crippen LogP contribution is 2.19.